The van der Waals surface area contributed by atoms with Crippen molar-refractivity contribution in [3.63, 3.8) is 0 Å². The molecule has 31 heavy (non-hydrogen) atoms. The quantitative estimate of drug-likeness (QED) is 0.334. The summed E-state index contributed by atoms with van der Waals surface area (Å²) in [4.78, 5) is 0. The highest BCUT2D eigenvalue weighted by Gasteiger charge is 2.33. The lowest BCUT2D eigenvalue weighted by Gasteiger charge is -2.39. The molecule has 1 nitrogen and oxygen atoms in total. The Balaban J connectivity index is 1.50. The van der Waals surface area contributed by atoms with E-state index in [1.807, 2.05) is 0 Å². The Bertz CT molecular complexity index is 657. The number of halogens is 2. The van der Waals surface area contributed by atoms with E-state index in [0.717, 1.165) is 68.6 Å². The largest absolute Gasteiger partial charge is 0.490 e. The molecule has 2 aliphatic rings. The van der Waals surface area contributed by atoms with Crippen molar-refractivity contribution in [2.24, 2.45) is 23.7 Å². The van der Waals surface area contributed by atoms with Crippen LogP contribution in [-0.4, -0.2) is 6.61 Å². The minimum Gasteiger partial charge on any atom is -0.490 e. The average Bonchev–Trinajstić information content (AvgIpc) is 2.80. The fourth-order valence-corrected chi connectivity index (χ4v) is 6.26. The third kappa shape index (κ3) is 6.45. The van der Waals surface area contributed by atoms with Crippen LogP contribution < -0.4 is 4.74 Å². The molecule has 0 bridgehead atoms. The maximum absolute atomic E-state index is 14.8. The second-order valence-corrected chi connectivity index (χ2v) is 10.4. The second-order valence-electron chi connectivity index (χ2n) is 10.4. The SMILES string of the molecule is CCCCCOc1ccc([C@H]2CC[C@H](C(C)C3CCC(CCC)CC3)CC2)c(F)c1F. The monoisotopic (exact) mass is 434 g/mol. The third-order valence-corrected chi connectivity index (χ3v) is 8.37. The lowest BCUT2D eigenvalue weighted by molar-refractivity contribution is 0.131. The molecule has 0 saturated heterocycles. The predicted octanol–water partition coefficient (Wildman–Crippen LogP) is 9.05. The van der Waals surface area contributed by atoms with Gasteiger partial charge in [-0.25, -0.2) is 4.39 Å². The van der Waals surface area contributed by atoms with E-state index in [-0.39, 0.29) is 11.7 Å². The molecule has 0 radical (unpaired) electrons. The molecule has 1 aromatic carbocycles. The second kappa shape index (κ2) is 12.2. The van der Waals surface area contributed by atoms with Gasteiger partial charge in [0.2, 0.25) is 5.82 Å². The van der Waals surface area contributed by atoms with Gasteiger partial charge < -0.3 is 4.74 Å². The van der Waals surface area contributed by atoms with Crippen molar-refractivity contribution < 1.29 is 13.5 Å². The van der Waals surface area contributed by atoms with E-state index >= 15 is 0 Å². The van der Waals surface area contributed by atoms with E-state index < -0.39 is 11.6 Å². The molecule has 0 spiro atoms. The zero-order valence-corrected chi connectivity index (χ0v) is 20.1. The Morgan fingerprint density at radius 2 is 1.48 bits per heavy atom. The lowest BCUT2D eigenvalue weighted by Crippen LogP contribution is -2.28. The summed E-state index contributed by atoms with van der Waals surface area (Å²) in [6.07, 6.45) is 15.6. The molecule has 0 aliphatic heterocycles. The normalized spacial score (nSPS) is 27.8. The first-order chi connectivity index (χ1) is 15.0. The van der Waals surface area contributed by atoms with Gasteiger partial charge in [0, 0.05) is 0 Å². The van der Waals surface area contributed by atoms with Crippen molar-refractivity contribution in [3.8, 4) is 5.75 Å². The predicted molar refractivity (Wildman–Crippen MR) is 126 cm³/mol. The van der Waals surface area contributed by atoms with Crippen molar-refractivity contribution in [2.45, 2.75) is 110 Å². The summed E-state index contributed by atoms with van der Waals surface area (Å²) in [5, 5.41) is 0. The van der Waals surface area contributed by atoms with Crippen LogP contribution in [-0.2, 0) is 0 Å². The van der Waals surface area contributed by atoms with Gasteiger partial charge in [-0.05, 0) is 86.2 Å². The summed E-state index contributed by atoms with van der Waals surface area (Å²) in [6, 6.07) is 3.42. The number of unbranched alkanes of at least 4 members (excludes halogenated alkanes) is 2. The van der Waals surface area contributed by atoms with E-state index in [4.69, 9.17) is 4.74 Å². The van der Waals surface area contributed by atoms with Gasteiger partial charge in [-0.3, -0.25) is 0 Å². The van der Waals surface area contributed by atoms with Gasteiger partial charge in [0.1, 0.15) is 0 Å². The van der Waals surface area contributed by atoms with Gasteiger partial charge in [0.15, 0.2) is 11.6 Å². The molecule has 3 heteroatoms. The van der Waals surface area contributed by atoms with Crippen molar-refractivity contribution >= 4 is 0 Å². The molecule has 2 fully saturated rings. The topological polar surface area (TPSA) is 9.23 Å². The van der Waals surface area contributed by atoms with Crippen LogP contribution in [0.25, 0.3) is 0 Å². The van der Waals surface area contributed by atoms with E-state index in [9.17, 15) is 8.78 Å². The standard InChI is InChI=1S/C28H44F2O/c1-4-6-7-19-31-26-18-17-25(27(29)28(26)30)24-15-13-23(14-16-24)20(3)22-11-9-21(8-5-2)10-12-22/h17-18,20-24H,4-16,19H2,1-3H3/t20?,21?,22?,23-,24-. The Morgan fingerprint density at radius 1 is 0.839 bits per heavy atom. The van der Waals surface area contributed by atoms with E-state index in [1.165, 1.54) is 38.5 Å². The molecule has 3 rings (SSSR count). The summed E-state index contributed by atoms with van der Waals surface area (Å²) in [5.41, 5.74) is 0.560. The summed E-state index contributed by atoms with van der Waals surface area (Å²) in [5.74, 6) is 2.08. The fourth-order valence-electron chi connectivity index (χ4n) is 6.26. The zero-order valence-electron chi connectivity index (χ0n) is 20.1. The number of benzene rings is 1. The molecular formula is C28H44F2O. The smallest absolute Gasteiger partial charge is 0.200 e. The Labute approximate surface area is 189 Å². The number of hydrogen-bond donors (Lipinski definition) is 0. The Morgan fingerprint density at radius 3 is 2.10 bits per heavy atom. The van der Waals surface area contributed by atoms with Crippen molar-refractivity contribution in [2.75, 3.05) is 6.61 Å². The summed E-state index contributed by atoms with van der Waals surface area (Å²) < 4.78 is 34.9. The van der Waals surface area contributed by atoms with Crippen LogP contribution in [0.15, 0.2) is 12.1 Å². The first-order valence-electron chi connectivity index (χ1n) is 13.2. The maximum atomic E-state index is 14.8. The van der Waals surface area contributed by atoms with Gasteiger partial charge in [0.05, 0.1) is 6.61 Å². The summed E-state index contributed by atoms with van der Waals surface area (Å²) in [6.45, 7) is 7.33. The molecular weight excluding hydrogens is 390 g/mol. The van der Waals surface area contributed by atoms with Crippen LogP contribution in [0.3, 0.4) is 0 Å². The fraction of sp³-hybridized carbons (Fsp3) is 0.786. The molecule has 0 heterocycles. The van der Waals surface area contributed by atoms with Crippen LogP contribution in [0.4, 0.5) is 8.78 Å². The number of ether oxygens (including phenoxy) is 1. The van der Waals surface area contributed by atoms with Crippen molar-refractivity contribution in [1.82, 2.24) is 0 Å². The molecule has 1 atom stereocenters. The highest BCUT2D eigenvalue weighted by molar-refractivity contribution is 5.33. The molecule has 1 unspecified atom stereocenters. The van der Waals surface area contributed by atoms with E-state index in [0.29, 0.717) is 12.2 Å². The van der Waals surface area contributed by atoms with Gasteiger partial charge in [0.25, 0.3) is 0 Å². The van der Waals surface area contributed by atoms with Gasteiger partial charge in [-0.2, -0.15) is 4.39 Å². The zero-order chi connectivity index (χ0) is 22.2. The molecule has 176 valence electrons. The van der Waals surface area contributed by atoms with Crippen molar-refractivity contribution in [3.05, 3.63) is 29.3 Å². The van der Waals surface area contributed by atoms with Crippen molar-refractivity contribution in [1.29, 1.82) is 0 Å². The van der Waals surface area contributed by atoms with Crippen LogP contribution in [0.5, 0.6) is 5.75 Å². The van der Waals surface area contributed by atoms with E-state index in [2.05, 4.69) is 20.8 Å². The maximum Gasteiger partial charge on any atom is 0.200 e. The number of hydrogen-bond acceptors (Lipinski definition) is 1. The third-order valence-electron chi connectivity index (χ3n) is 8.37. The first-order valence-corrected chi connectivity index (χ1v) is 13.2. The highest BCUT2D eigenvalue weighted by atomic mass is 19.2. The summed E-state index contributed by atoms with van der Waals surface area (Å²) in [7, 11) is 0. The molecule has 0 aromatic heterocycles. The first kappa shape index (κ1) is 24.5. The molecule has 0 N–H and O–H groups in total. The van der Waals surface area contributed by atoms with E-state index in [1.54, 1.807) is 12.1 Å². The minimum absolute atomic E-state index is 0.0679. The molecule has 0 amide bonds. The molecule has 2 aliphatic carbocycles. The number of rotatable bonds is 10. The Kier molecular flexibility index (Phi) is 9.66. The van der Waals surface area contributed by atoms with Crippen LogP contribution in [0.1, 0.15) is 116 Å². The van der Waals surface area contributed by atoms with Crippen LogP contribution in [0, 0.1) is 35.3 Å². The van der Waals surface area contributed by atoms with Gasteiger partial charge >= 0.3 is 0 Å². The van der Waals surface area contributed by atoms with Gasteiger partial charge in [-0.1, -0.05) is 65.4 Å². The van der Waals surface area contributed by atoms with Crippen LogP contribution in [0.2, 0.25) is 0 Å². The summed E-state index contributed by atoms with van der Waals surface area (Å²) >= 11 is 0. The Hall–Kier alpha value is -1.12. The van der Waals surface area contributed by atoms with Gasteiger partial charge in [-0.15, -0.1) is 0 Å². The molecule has 2 saturated carbocycles. The highest BCUT2D eigenvalue weighted by Crippen LogP contribution is 2.45. The average molecular weight is 435 g/mol. The van der Waals surface area contributed by atoms with Crippen LogP contribution >= 0.6 is 0 Å². The molecule has 1 aromatic rings. The minimum atomic E-state index is -0.798. The lowest BCUT2D eigenvalue weighted by atomic mass is 9.66.